The fourth-order valence-corrected chi connectivity index (χ4v) is 3.68. The van der Waals surface area contributed by atoms with Gasteiger partial charge >= 0.3 is 0 Å². The molecule has 206 valence electrons. The number of halogens is 2. The summed E-state index contributed by atoms with van der Waals surface area (Å²) in [5.41, 5.74) is 0.886. The summed E-state index contributed by atoms with van der Waals surface area (Å²) in [5.74, 6) is -1.47. The lowest BCUT2D eigenvalue weighted by molar-refractivity contribution is -0.116. The molecule has 1 amide bonds. The number of rotatable bonds is 13. The second-order valence-corrected chi connectivity index (χ2v) is 9.80. The Bertz CT molecular complexity index is 1430. The van der Waals surface area contributed by atoms with E-state index >= 15 is 0 Å². The molecule has 0 bridgehead atoms. The molecule has 0 atom stereocenters. The van der Waals surface area contributed by atoms with Gasteiger partial charge in [0.25, 0.3) is 0 Å². The number of fused-ring (bicyclic) bond motifs is 1. The van der Waals surface area contributed by atoms with Gasteiger partial charge in [-0.05, 0) is 37.2 Å². The van der Waals surface area contributed by atoms with Gasteiger partial charge in [0, 0.05) is 36.2 Å². The highest BCUT2D eigenvalue weighted by molar-refractivity contribution is 5.92. The quantitative estimate of drug-likeness (QED) is 0.189. The van der Waals surface area contributed by atoms with Crippen LogP contribution in [0.5, 0.6) is 5.75 Å². The number of nitrogens with one attached hydrogen (secondary N) is 3. The van der Waals surface area contributed by atoms with Crippen LogP contribution < -0.4 is 20.7 Å². The molecule has 0 saturated carbocycles. The molecular formula is C27H31F2N7O3. The first-order valence-corrected chi connectivity index (χ1v) is 12.5. The van der Waals surface area contributed by atoms with Crippen LogP contribution in [0, 0.1) is 17.0 Å². The van der Waals surface area contributed by atoms with E-state index in [-0.39, 0.29) is 24.3 Å². The molecule has 39 heavy (non-hydrogen) atoms. The molecule has 0 unspecified atom stereocenters. The number of carbonyl (C=O) groups excluding carboxylic acids is 1. The number of ether oxygens (including phenoxy) is 1. The number of carbonyl (C=O) groups is 1. The highest BCUT2D eigenvalue weighted by atomic mass is 19.2. The molecule has 4 aromatic rings. The second kappa shape index (κ2) is 12.6. The maximum atomic E-state index is 13.8. The van der Waals surface area contributed by atoms with E-state index in [4.69, 9.17) is 4.74 Å². The molecule has 2 aromatic heterocycles. The normalized spacial score (nSPS) is 11.5. The zero-order valence-corrected chi connectivity index (χ0v) is 21.7. The zero-order chi connectivity index (χ0) is 27.8. The minimum absolute atomic E-state index is 0.131. The van der Waals surface area contributed by atoms with E-state index in [9.17, 15) is 18.7 Å². The summed E-state index contributed by atoms with van der Waals surface area (Å²) in [6.45, 7) is 5.98. The minimum atomic E-state index is -1.12. The Morgan fingerprint density at radius 3 is 2.85 bits per heavy atom. The van der Waals surface area contributed by atoms with Gasteiger partial charge in [0.1, 0.15) is 24.4 Å². The molecule has 0 fully saturated rings. The first-order valence-electron chi connectivity index (χ1n) is 12.5. The van der Waals surface area contributed by atoms with Gasteiger partial charge in [-0.2, -0.15) is 5.10 Å². The molecule has 0 radical (unpaired) electrons. The predicted octanol–water partition coefficient (Wildman–Crippen LogP) is 3.86. The summed E-state index contributed by atoms with van der Waals surface area (Å²) in [6, 6.07) is 9.11. The summed E-state index contributed by atoms with van der Waals surface area (Å²) >= 11 is 0. The molecular weight excluding hydrogens is 508 g/mol. The van der Waals surface area contributed by atoms with Crippen LogP contribution in [0.2, 0.25) is 0 Å². The van der Waals surface area contributed by atoms with Crippen LogP contribution in [-0.4, -0.2) is 57.1 Å². The van der Waals surface area contributed by atoms with Gasteiger partial charge in [-0.25, -0.2) is 18.7 Å². The van der Waals surface area contributed by atoms with Gasteiger partial charge in [-0.3, -0.25) is 9.48 Å². The average molecular weight is 540 g/mol. The van der Waals surface area contributed by atoms with Gasteiger partial charge in [0.15, 0.2) is 11.6 Å². The number of benzene rings is 2. The fraction of sp³-hybridized carbons (Fsp3) is 0.333. The number of anilines is 3. The Morgan fingerprint density at radius 2 is 2.03 bits per heavy atom. The van der Waals surface area contributed by atoms with Crippen molar-refractivity contribution in [1.29, 1.82) is 0 Å². The Balaban J connectivity index is 1.31. The first-order chi connectivity index (χ1) is 18.7. The van der Waals surface area contributed by atoms with Crippen LogP contribution in [0.1, 0.15) is 20.3 Å². The SMILES string of the molecule is CC(C)(CO)CNCCCOc1ccc2c(Nc3cnn(CC(=O)Nc4cccc(F)c4F)c3)ncnc2c1. The zero-order valence-electron chi connectivity index (χ0n) is 21.7. The van der Waals surface area contributed by atoms with Crippen molar-refractivity contribution in [2.75, 3.05) is 36.9 Å². The molecule has 2 heterocycles. The third kappa shape index (κ3) is 7.68. The molecule has 2 aromatic carbocycles. The molecule has 0 aliphatic rings. The van der Waals surface area contributed by atoms with Crippen LogP contribution in [0.15, 0.2) is 55.1 Å². The molecule has 0 aliphatic heterocycles. The Hall–Kier alpha value is -4.16. The smallest absolute Gasteiger partial charge is 0.246 e. The summed E-state index contributed by atoms with van der Waals surface area (Å²) in [7, 11) is 0. The summed E-state index contributed by atoms with van der Waals surface area (Å²) in [5, 5.41) is 23.1. The minimum Gasteiger partial charge on any atom is -0.493 e. The number of amides is 1. The van der Waals surface area contributed by atoms with Crippen LogP contribution in [0.3, 0.4) is 0 Å². The molecule has 0 aliphatic carbocycles. The Morgan fingerprint density at radius 1 is 1.18 bits per heavy atom. The van der Waals surface area contributed by atoms with E-state index in [1.165, 1.54) is 29.3 Å². The third-order valence-electron chi connectivity index (χ3n) is 5.83. The number of aliphatic hydroxyl groups is 1. The highest BCUT2D eigenvalue weighted by Gasteiger charge is 2.15. The van der Waals surface area contributed by atoms with Crippen molar-refractivity contribution < 1.29 is 23.4 Å². The van der Waals surface area contributed by atoms with Crippen molar-refractivity contribution in [1.82, 2.24) is 25.1 Å². The monoisotopic (exact) mass is 539 g/mol. The highest BCUT2D eigenvalue weighted by Crippen LogP contribution is 2.26. The maximum Gasteiger partial charge on any atom is 0.246 e. The van der Waals surface area contributed by atoms with Gasteiger partial charge in [-0.15, -0.1) is 0 Å². The summed E-state index contributed by atoms with van der Waals surface area (Å²) in [6.07, 6.45) is 5.38. The number of hydrogen-bond donors (Lipinski definition) is 4. The molecule has 4 N–H and O–H groups in total. The van der Waals surface area contributed by atoms with E-state index in [1.54, 1.807) is 6.20 Å². The van der Waals surface area contributed by atoms with Crippen molar-refractivity contribution in [3.8, 4) is 5.75 Å². The lowest BCUT2D eigenvalue weighted by Gasteiger charge is -2.21. The predicted molar refractivity (Wildman–Crippen MR) is 144 cm³/mol. The van der Waals surface area contributed by atoms with Gasteiger partial charge in [0.05, 0.1) is 29.7 Å². The van der Waals surface area contributed by atoms with E-state index in [0.717, 1.165) is 31.0 Å². The largest absolute Gasteiger partial charge is 0.493 e. The molecule has 4 rings (SSSR count). The van der Waals surface area contributed by atoms with E-state index in [2.05, 4.69) is 31.0 Å². The lowest BCUT2D eigenvalue weighted by Crippen LogP contribution is -2.33. The van der Waals surface area contributed by atoms with Crippen LogP contribution >= 0.6 is 0 Å². The van der Waals surface area contributed by atoms with Crippen molar-refractivity contribution in [2.24, 2.45) is 5.41 Å². The topological polar surface area (TPSA) is 126 Å². The number of aliphatic hydroxyl groups excluding tert-OH is 1. The fourth-order valence-electron chi connectivity index (χ4n) is 3.68. The van der Waals surface area contributed by atoms with Crippen molar-refractivity contribution in [2.45, 2.75) is 26.8 Å². The molecule has 0 saturated heterocycles. The standard InChI is InChI=1S/C27H31F2N7O3/c1-27(2,16-37)15-30-9-4-10-39-19-7-8-20-23(11-19)31-17-32-26(20)34-18-12-33-36(13-18)14-24(38)35-22-6-3-5-21(28)25(22)29/h3,5-8,11-13,17,30,37H,4,9-10,14-16H2,1-2H3,(H,35,38)(H,31,32,34). The first kappa shape index (κ1) is 27.9. The number of aromatic nitrogens is 4. The van der Waals surface area contributed by atoms with E-state index < -0.39 is 17.5 Å². The Kier molecular flexibility index (Phi) is 8.99. The van der Waals surface area contributed by atoms with Gasteiger partial charge in [0.2, 0.25) is 5.91 Å². The summed E-state index contributed by atoms with van der Waals surface area (Å²) in [4.78, 5) is 20.9. The van der Waals surface area contributed by atoms with Gasteiger partial charge in [-0.1, -0.05) is 19.9 Å². The molecule has 0 spiro atoms. The van der Waals surface area contributed by atoms with Crippen molar-refractivity contribution >= 4 is 34.0 Å². The van der Waals surface area contributed by atoms with Gasteiger partial charge < -0.3 is 25.8 Å². The third-order valence-corrected chi connectivity index (χ3v) is 5.83. The number of nitrogens with zero attached hydrogens (tertiary/aromatic N) is 4. The van der Waals surface area contributed by atoms with Crippen LogP contribution in [0.4, 0.5) is 26.0 Å². The van der Waals surface area contributed by atoms with Crippen LogP contribution in [0.25, 0.3) is 10.9 Å². The van der Waals surface area contributed by atoms with E-state index in [1.807, 2.05) is 32.0 Å². The second-order valence-electron chi connectivity index (χ2n) is 9.80. The lowest BCUT2D eigenvalue weighted by atomic mass is 9.95. The maximum absolute atomic E-state index is 13.8. The molecule has 12 heteroatoms. The van der Waals surface area contributed by atoms with E-state index in [0.29, 0.717) is 29.4 Å². The average Bonchev–Trinajstić information content (AvgIpc) is 3.35. The number of hydrogen-bond acceptors (Lipinski definition) is 8. The van der Waals surface area contributed by atoms with Crippen molar-refractivity contribution in [3.05, 3.63) is 66.8 Å². The Labute approximate surface area is 224 Å². The molecule has 10 nitrogen and oxygen atoms in total. The van der Waals surface area contributed by atoms with Crippen LogP contribution in [-0.2, 0) is 11.3 Å². The van der Waals surface area contributed by atoms with Crippen molar-refractivity contribution in [3.63, 3.8) is 0 Å². The summed E-state index contributed by atoms with van der Waals surface area (Å²) < 4.78 is 34.4.